The highest BCUT2D eigenvalue weighted by Gasteiger charge is 2.25. The van der Waals surface area contributed by atoms with Crippen LogP contribution in [-0.2, 0) is 14.1 Å². The minimum atomic E-state index is -0.464. The Bertz CT molecular complexity index is 991. The van der Waals surface area contributed by atoms with E-state index < -0.39 is 11.2 Å². The third-order valence-electron chi connectivity index (χ3n) is 4.44. The Labute approximate surface area is 132 Å². The van der Waals surface area contributed by atoms with Crippen molar-refractivity contribution < 1.29 is 0 Å². The maximum Gasteiger partial charge on any atom is 0.332 e. The Balaban J connectivity index is 2.54. The summed E-state index contributed by atoms with van der Waals surface area (Å²) < 4.78 is 2.35. The molecule has 1 atom stereocenters. The minimum absolute atomic E-state index is 0.0210. The first-order valence-electron chi connectivity index (χ1n) is 7.41. The van der Waals surface area contributed by atoms with Gasteiger partial charge in [-0.15, -0.1) is 0 Å². The molecule has 2 heterocycles. The van der Waals surface area contributed by atoms with Gasteiger partial charge in [0.15, 0.2) is 5.65 Å². The van der Waals surface area contributed by atoms with Gasteiger partial charge in [-0.05, 0) is 30.7 Å². The zero-order valence-corrected chi connectivity index (χ0v) is 13.0. The number of aromatic nitrogens is 3. The lowest BCUT2D eigenvalue weighted by Crippen LogP contribution is -2.38. The molecule has 1 aliphatic carbocycles. The largest absolute Gasteiger partial charge is 0.383 e. The van der Waals surface area contributed by atoms with Gasteiger partial charge in [-0.3, -0.25) is 13.9 Å². The van der Waals surface area contributed by atoms with E-state index in [1.807, 2.05) is 6.08 Å². The van der Waals surface area contributed by atoms with Crippen molar-refractivity contribution in [2.45, 2.75) is 25.2 Å². The first-order chi connectivity index (χ1) is 11.0. The molecule has 2 aromatic heterocycles. The van der Waals surface area contributed by atoms with Gasteiger partial charge in [0.2, 0.25) is 0 Å². The standard InChI is InChI=1S/C16H17N5O2/c1-20-14-12(15(22)21(2)16(20)23)11(9-6-4-3-5-7-9)10(8-17)13(18)19-14/h3-4,9H,5-7H2,1-2H3,(H2,18,19). The van der Waals surface area contributed by atoms with E-state index in [1.165, 1.54) is 11.6 Å². The summed E-state index contributed by atoms with van der Waals surface area (Å²) in [6.45, 7) is 0. The van der Waals surface area contributed by atoms with Crippen molar-refractivity contribution in [3.63, 3.8) is 0 Å². The monoisotopic (exact) mass is 311 g/mol. The van der Waals surface area contributed by atoms with Crippen molar-refractivity contribution in [2.75, 3.05) is 5.73 Å². The number of anilines is 1. The predicted molar refractivity (Wildman–Crippen MR) is 87.1 cm³/mol. The Morgan fingerprint density at radius 2 is 2.04 bits per heavy atom. The Hall–Kier alpha value is -2.88. The molecule has 0 spiro atoms. The highest BCUT2D eigenvalue weighted by molar-refractivity contribution is 5.84. The molecule has 2 N–H and O–H groups in total. The van der Waals surface area contributed by atoms with Gasteiger partial charge in [-0.1, -0.05) is 12.2 Å². The quantitative estimate of drug-likeness (QED) is 0.788. The second-order valence-electron chi connectivity index (χ2n) is 5.78. The molecule has 0 radical (unpaired) electrons. The topological polar surface area (TPSA) is 107 Å². The van der Waals surface area contributed by atoms with Crippen molar-refractivity contribution in [1.82, 2.24) is 14.1 Å². The SMILES string of the molecule is Cn1c(=O)c2c(C3CC=CCC3)c(C#N)c(N)nc2n(C)c1=O. The van der Waals surface area contributed by atoms with E-state index in [4.69, 9.17) is 5.73 Å². The zero-order valence-electron chi connectivity index (χ0n) is 13.0. The van der Waals surface area contributed by atoms with Gasteiger partial charge in [0.25, 0.3) is 5.56 Å². The number of rotatable bonds is 1. The fourth-order valence-electron chi connectivity index (χ4n) is 3.21. The number of nitrogen functional groups attached to an aromatic ring is 1. The number of nitrogens with two attached hydrogens (primary N) is 1. The van der Waals surface area contributed by atoms with Gasteiger partial charge in [-0.25, -0.2) is 9.78 Å². The van der Waals surface area contributed by atoms with E-state index in [2.05, 4.69) is 17.1 Å². The number of aryl methyl sites for hydroxylation is 1. The summed E-state index contributed by atoms with van der Waals surface area (Å²) in [5.74, 6) is 0.0838. The molecule has 118 valence electrons. The average Bonchev–Trinajstić information content (AvgIpc) is 2.57. The number of pyridine rings is 1. The fraction of sp³-hybridized carbons (Fsp3) is 0.375. The lowest BCUT2D eigenvalue weighted by Gasteiger charge is -2.22. The summed E-state index contributed by atoms with van der Waals surface area (Å²) in [5, 5.41) is 9.83. The molecule has 0 saturated carbocycles. The Morgan fingerprint density at radius 1 is 1.30 bits per heavy atom. The number of hydrogen-bond acceptors (Lipinski definition) is 5. The molecule has 1 aliphatic rings. The summed E-state index contributed by atoms with van der Waals surface area (Å²) in [4.78, 5) is 29.0. The smallest absolute Gasteiger partial charge is 0.332 e. The van der Waals surface area contributed by atoms with Crippen LogP contribution in [0.1, 0.15) is 36.3 Å². The third kappa shape index (κ3) is 2.14. The highest BCUT2D eigenvalue weighted by atomic mass is 16.2. The summed E-state index contributed by atoms with van der Waals surface area (Å²) in [6, 6.07) is 2.09. The van der Waals surface area contributed by atoms with Crippen LogP contribution in [0.25, 0.3) is 11.0 Å². The Kier molecular flexibility index (Phi) is 3.52. The molecule has 3 rings (SSSR count). The normalized spacial score (nSPS) is 17.3. The van der Waals surface area contributed by atoms with E-state index in [9.17, 15) is 14.9 Å². The van der Waals surface area contributed by atoms with Gasteiger partial charge in [0.1, 0.15) is 11.9 Å². The van der Waals surface area contributed by atoms with Crippen molar-refractivity contribution in [3.05, 3.63) is 44.1 Å². The highest BCUT2D eigenvalue weighted by Crippen LogP contribution is 2.35. The van der Waals surface area contributed by atoms with Gasteiger partial charge in [-0.2, -0.15) is 5.26 Å². The van der Waals surface area contributed by atoms with Crippen molar-refractivity contribution in [2.24, 2.45) is 14.1 Å². The molecule has 7 nitrogen and oxygen atoms in total. The lowest BCUT2D eigenvalue weighted by atomic mass is 9.84. The summed E-state index contributed by atoms with van der Waals surface area (Å²) in [7, 11) is 2.98. The summed E-state index contributed by atoms with van der Waals surface area (Å²) >= 11 is 0. The predicted octanol–water partition coefficient (Wildman–Crippen LogP) is 0.910. The van der Waals surface area contributed by atoms with Gasteiger partial charge in [0, 0.05) is 14.1 Å². The molecule has 0 aliphatic heterocycles. The second kappa shape index (κ2) is 5.39. The molecule has 23 heavy (non-hydrogen) atoms. The molecule has 2 aromatic rings. The molecule has 1 unspecified atom stereocenters. The van der Waals surface area contributed by atoms with E-state index in [1.54, 1.807) is 7.05 Å². The number of nitriles is 1. The molecule has 0 bridgehead atoms. The maximum atomic E-state index is 12.7. The molecule has 0 saturated heterocycles. The van der Waals surface area contributed by atoms with Crippen LogP contribution >= 0.6 is 0 Å². The molecule has 0 aromatic carbocycles. The van der Waals surface area contributed by atoms with Crippen LogP contribution < -0.4 is 17.0 Å². The van der Waals surface area contributed by atoms with Crippen LogP contribution in [0.15, 0.2) is 21.7 Å². The number of nitrogens with zero attached hydrogens (tertiary/aromatic N) is 4. The molecule has 0 fully saturated rings. The molecular formula is C16H17N5O2. The molecular weight excluding hydrogens is 294 g/mol. The van der Waals surface area contributed by atoms with Crippen molar-refractivity contribution >= 4 is 16.9 Å². The van der Waals surface area contributed by atoms with E-state index >= 15 is 0 Å². The van der Waals surface area contributed by atoms with Crippen LogP contribution in [0.4, 0.5) is 5.82 Å². The maximum absolute atomic E-state index is 12.7. The number of allylic oxidation sites excluding steroid dienone is 2. The van der Waals surface area contributed by atoms with Crippen molar-refractivity contribution in [1.29, 1.82) is 5.26 Å². The number of fused-ring (bicyclic) bond motifs is 1. The summed E-state index contributed by atoms with van der Waals surface area (Å²) in [5.41, 5.74) is 6.14. The van der Waals surface area contributed by atoms with Crippen LogP contribution in [0.5, 0.6) is 0 Å². The van der Waals surface area contributed by atoms with Crippen LogP contribution in [0.3, 0.4) is 0 Å². The molecule has 7 heteroatoms. The first kappa shape index (κ1) is 15.0. The van der Waals surface area contributed by atoms with E-state index in [-0.39, 0.29) is 22.9 Å². The van der Waals surface area contributed by atoms with Crippen LogP contribution in [0, 0.1) is 11.3 Å². The molecule has 0 amide bonds. The lowest BCUT2D eigenvalue weighted by molar-refractivity contribution is 0.616. The van der Waals surface area contributed by atoms with Gasteiger partial charge < -0.3 is 5.73 Å². The van der Waals surface area contributed by atoms with Gasteiger partial charge >= 0.3 is 5.69 Å². The number of hydrogen-bond donors (Lipinski definition) is 1. The van der Waals surface area contributed by atoms with E-state index in [0.717, 1.165) is 23.8 Å². The first-order valence-corrected chi connectivity index (χ1v) is 7.41. The average molecular weight is 311 g/mol. The van der Waals surface area contributed by atoms with Crippen LogP contribution in [-0.4, -0.2) is 14.1 Å². The minimum Gasteiger partial charge on any atom is -0.383 e. The zero-order chi connectivity index (χ0) is 16.7. The van der Waals surface area contributed by atoms with Gasteiger partial charge in [0.05, 0.1) is 10.9 Å². The second-order valence-corrected chi connectivity index (χ2v) is 5.78. The van der Waals surface area contributed by atoms with Crippen LogP contribution in [0.2, 0.25) is 0 Å². The van der Waals surface area contributed by atoms with Crippen molar-refractivity contribution in [3.8, 4) is 6.07 Å². The summed E-state index contributed by atoms with van der Waals surface area (Å²) in [6.07, 6.45) is 6.58. The van der Waals surface area contributed by atoms with E-state index in [0.29, 0.717) is 10.9 Å². The third-order valence-corrected chi connectivity index (χ3v) is 4.44. The fourth-order valence-corrected chi connectivity index (χ4v) is 3.21. The Morgan fingerprint density at radius 3 is 2.65 bits per heavy atom.